The second-order valence-corrected chi connectivity index (χ2v) is 7.27. The van der Waals surface area contributed by atoms with E-state index in [1.165, 1.54) is 31.2 Å². The lowest BCUT2D eigenvalue weighted by Crippen LogP contribution is -2.32. The van der Waals surface area contributed by atoms with Crippen LogP contribution in [0.3, 0.4) is 0 Å². The molecule has 0 aliphatic heterocycles. The summed E-state index contributed by atoms with van der Waals surface area (Å²) in [4.78, 5) is 8.93. The van der Waals surface area contributed by atoms with Gasteiger partial charge in [0.05, 0.1) is 0 Å². The summed E-state index contributed by atoms with van der Waals surface area (Å²) in [5, 5.41) is 7.05. The van der Waals surface area contributed by atoms with Crippen molar-refractivity contribution in [2.75, 3.05) is 17.2 Å². The molecule has 4 heteroatoms. The molecule has 4 nitrogen and oxygen atoms in total. The molecule has 2 N–H and O–H groups in total. The van der Waals surface area contributed by atoms with Crippen LogP contribution in [0.15, 0.2) is 6.33 Å². The first-order valence-electron chi connectivity index (χ1n) is 8.28. The maximum absolute atomic E-state index is 4.52. The van der Waals surface area contributed by atoms with Gasteiger partial charge in [0.1, 0.15) is 18.0 Å². The fraction of sp³-hybridized carbons (Fsp3) is 0.765. The number of rotatable bonds is 5. The monoisotopic (exact) mass is 290 g/mol. The van der Waals surface area contributed by atoms with E-state index in [0.29, 0.717) is 17.4 Å². The average Bonchev–Trinajstić information content (AvgIpc) is 2.37. The number of nitrogens with one attached hydrogen (secondary N) is 2. The summed E-state index contributed by atoms with van der Waals surface area (Å²) < 4.78 is 0. The van der Waals surface area contributed by atoms with Crippen molar-refractivity contribution < 1.29 is 0 Å². The Labute approximate surface area is 129 Å². The summed E-state index contributed by atoms with van der Waals surface area (Å²) in [6.07, 6.45) is 6.74. The Morgan fingerprint density at radius 2 is 2.00 bits per heavy atom. The summed E-state index contributed by atoms with van der Waals surface area (Å²) in [5.74, 6) is 2.39. The molecule has 0 aromatic carbocycles. The number of hydrogen-bond acceptors (Lipinski definition) is 4. The molecule has 1 aromatic rings. The van der Waals surface area contributed by atoms with E-state index in [1.807, 2.05) is 0 Å². The van der Waals surface area contributed by atoms with Crippen molar-refractivity contribution in [1.29, 1.82) is 0 Å². The van der Waals surface area contributed by atoms with Crippen molar-refractivity contribution in [3.8, 4) is 0 Å². The van der Waals surface area contributed by atoms with Crippen LogP contribution in [0.4, 0.5) is 11.6 Å². The predicted octanol–water partition coefficient (Wildman–Crippen LogP) is 4.41. The lowest BCUT2D eigenvalue weighted by molar-refractivity contribution is 0.229. The first-order chi connectivity index (χ1) is 9.93. The van der Waals surface area contributed by atoms with Crippen molar-refractivity contribution in [1.82, 2.24) is 9.97 Å². The molecule has 2 rings (SSSR count). The van der Waals surface area contributed by atoms with Gasteiger partial charge >= 0.3 is 0 Å². The Balaban J connectivity index is 2.21. The van der Waals surface area contributed by atoms with Crippen molar-refractivity contribution in [3.05, 3.63) is 11.9 Å². The molecular weight excluding hydrogens is 260 g/mol. The van der Waals surface area contributed by atoms with E-state index in [2.05, 4.69) is 55.2 Å². The van der Waals surface area contributed by atoms with Gasteiger partial charge < -0.3 is 10.6 Å². The van der Waals surface area contributed by atoms with E-state index in [-0.39, 0.29) is 0 Å². The average molecular weight is 290 g/mol. The summed E-state index contributed by atoms with van der Waals surface area (Å²) >= 11 is 0. The van der Waals surface area contributed by atoms with Crippen molar-refractivity contribution in [2.24, 2.45) is 5.41 Å². The van der Waals surface area contributed by atoms with Gasteiger partial charge in [0.2, 0.25) is 0 Å². The van der Waals surface area contributed by atoms with Gasteiger partial charge in [-0.05, 0) is 37.5 Å². The highest BCUT2D eigenvalue weighted by Gasteiger charge is 2.29. The van der Waals surface area contributed by atoms with Crippen LogP contribution >= 0.6 is 0 Å². The number of aromatic nitrogens is 2. The Morgan fingerprint density at radius 1 is 1.29 bits per heavy atom. The minimum absolute atomic E-state index is 0.402. The molecule has 1 aromatic heterocycles. The van der Waals surface area contributed by atoms with Crippen LogP contribution in [-0.2, 0) is 0 Å². The molecule has 1 saturated carbocycles. The van der Waals surface area contributed by atoms with Crippen LogP contribution in [0.25, 0.3) is 0 Å². The quantitative estimate of drug-likeness (QED) is 0.843. The molecule has 21 heavy (non-hydrogen) atoms. The molecule has 0 saturated heterocycles. The SMILES string of the molecule is CCNc1ncnc(NC2CCCC(C)(C)C2)c1C(C)C. The van der Waals surface area contributed by atoms with E-state index in [4.69, 9.17) is 0 Å². The highest BCUT2D eigenvalue weighted by atomic mass is 15.1. The standard InChI is InChI=1S/C17H30N4/c1-6-18-15-14(12(2)3)16(20-11-19-15)21-13-8-7-9-17(4,5)10-13/h11-13H,6-10H2,1-5H3,(H2,18,19,20,21). The van der Waals surface area contributed by atoms with Crippen LogP contribution in [0.5, 0.6) is 0 Å². The summed E-state index contributed by atoms with van der Waals surface area (Å²) in [5.41, 5.74) is 1.65. The van der Waals surface area contributed by atoms with Gasteiger partial charge in [-0.25, -0.2) is 9.97 Å². The smallest absolute Gasteiger partial charge is 0.135 e. The molecule has 1 aliphatic carbocycles. The third-order valence-corrected chi connectivity index (χ3v) is 4.35. The molecular formula is C17H30N4. The Kier molecular flexibility index (Phi) is 5.07. The topological polar surface area (TPSA) is 49.8 Å². The van der Waals surface area contributed by atoms with E-state index in [9.17, 15) is 0 Å². The third-order valence-electron chi connectivity index (χ3n) is 4.35. The zero-order valence-electron chi connectivity index (χ0n) is 14.2. The largest absolute Gasteiger partial charge is 0.370 e. The molecule has 0 amide bonds. The van der Waals surface area contributed by atoms with Crippen LogP contribution in [0.1, 0.15) is 71.8 Å². The molecule has 1 atom stereocenters. The summed E-state index contributed by atoms with van der Waals surface area (Å²) in [7, 11) is 0. The van der Waals surface area contributed by atoms with Gasteiger partial charge in [0, 0.05) is 18.2 Å². The van der Waals surface area contributed by atoms with Crippen LogP contribution in [-0.4, -0.2) is 22.6 Å². The number of nitrogens with zero attached hydrogens (tertiary/aromatic N) is 2. The second-order valence-electron chi connectivity index (χ2n) is 7.27. The van der Waals surface area contributed by atoms with Crippen molar-refractivity contribution in [2.45, 2.75) is 72.3 Å². The van der Waals surface area contributed by atoms with Gasteiger partial charge in [0.25, 0.3) is 0 Å². The molecule has 0 radical (unpaired) electrons. The highest BCUT2D eigenvalue weighted by Crippen LogP contribution is 2.37. The number of hydrogen-bond donors (Lipinski definition) is 2. The Bertz CT molecular complexity index is 468. The normalized spacial score (nSPS) is 21.3. The van der Waals surface area contributed by atoms with Crippen LogP contribution in [0, 0.1) is 5.41 Å². The summed E-state index contributed by atoms with van der Waals surface area (Å²) in [6.45, 7) is 12.1. The molecule has 1 heterocycles. The maximum Gasteiger partial charge on any atom is 0.135 e. The lowest BCUT2D eigenvalue weighted by Gasteiger charge is -2.36. The number of anilines is 2. The Morgan fingerprint density at radius 3 is 2.62 bits per heavy atom. The van der Waals surface area contributed by atoms with Crippen molar-refractivity contribution in [3.63, 3.8) is 0 Å². The Hall–Kier alpha value is -1.32. The minimum atomic E-state index is 0.402. The predicted molar refractivity (Wildman–Crippen MR) is 89.9 cm³/mol. The zero-order chi connectivity index (χ0) is 15.5. The zero-order valence-corrected chi connectivity index (χ0v) is 14.2. The van der Waals surface area contributed by atoms with Crippen molar-refractivity contribution >= 4 is 11.6 Å². The van der Waals surface area contributed by atoms with E-state index >= 15 is 0 Å². The third kappa shape index (κ3) is 4.08. The van der Waals surface area contributed by atoms with Gasteiger partial charge in [-0.15, -0.1) is 0 Å². The molecule has 0 bridgehead atoms. The fourth-order valence-electron chi connectivity index (χ4n) is 3.38. The first kappa shape index (κ1) is 16.1. The minimum Gasteiger partial charge on any atom is -0.370 e. The molecule has 1 fully saturated rings. The summed E-state index contributed by atoms with van der Waals surface area (Å²) in [6, 6.07) is 0.524. The van der Waals surface area contributed by atoms with E-state index in [0.717, 1.165) is 18.2 Å². The second kappa shape index (κ2) is 6.63. The van der Waals surface area contributed by atoms with Gasteiger partial charge in [-0.2, -0.15) is 0 Å². The molecule has 1 aliphatic rings. The van der Waals surface area contributed by atoms with Crippen LogP contribution in [0.2, 0.25) is 0 Å². The van der Waals surface area contributed by atoms with Gasteiger partial charge in [-0.1, -0.05) is 34.1 Å². The van der Waals surface area contributed by atoms with E-state index in [1.54, 1.807) is 6.33 Å². The van der Waals surface area contributed by atoms with Crippen LogP contribution < -0.4 is 10.6 Å². The van der Waals surface area contributed by atoms with Gasteiger partial charge in [0.15, 0.2) is 0 Å². The molecule has 118 valence electrons. The maximum atomic E-state index is 4.52. The molecule has 0 spiro atoms. The highest BCUT2D eigenvalue weighted by molar-refractivity contribution is 5.59. The van der Waals surface area contributed by atoms with E-state index < -0.39 is 0 Å². The van der Waals surface area contributed by atoms with Gasteiger partial charge in [-0.3, -0.25) is 0 Å². The first-order valence-corrected chi connectivity index (χ1v) is 8.28. The molecule has 1 unspecified atom stereocenters. The lowest BCUT2D eigenvalue weighted by atomic mass is 9.75. The fourth-order valence-corrected chi connectivity index (χ4v) is 3.38.